The van der Waals surface area contributed by atoms with Crippen molar-refractivity contribution >= 4 is 16.9 Å². The van der Waals surface area contributed by atoms with Crippen LogP contribution in [-0.2, 0) is 0 Å². The van der Waals surface area contributed by atoms with Crippen LogP contribution in [-0.4, -0.2) is 50.1 Å². The first kappa shape index (κ1) is 14.0. The largest absolute Gasteiger partial charge is 0.394 e. The molecule has 4 heterocycles. The lowest BCUT2D eigenvalue weighted by Crippen LogP contribution is -2.37. The summed E-state index contributed by atoms with van der Waals surface area (Å²) in [5.74, 6) is -0.0489. The van der Waals surface area contributed by atoms with Crippen molar-refractivity contribution in [3.63, 3.8) is 0 Å². The molecule has 6 nitrogen and oxygen atoms in total. The third-order valence-corrected chi connectivity index (χ3v) is 4.53. The number of hydrogen-bond donors (Lipinski definition) is 3. The van der Waals surface area contributed by atoms with Crippen molar-refractivity contribution in [2.45, 2.75) is 18.9 Å². The van der Waals surface area contributed by atoms with Gasteiger partial charge in [-0.2, -0.15) is 0 Å². The highest BCUT2D eigenvalue weighted by Gasteiger charge is 2.29. The molecule has 1 aliphatic rings. The summed E-state index contributed by atoms with van der Waals surface area (Å²) in [6.45, 7) is 0.726. The third kappa shape index (κ3) is 2.31. The van der Waals surface area contributed by atoms with Crippen LogP contribution in [0.1, 0.15) is 23.3 Å². The fraction of sp³-hybridized carbons (Fsp3) is 0.294. The number of aromatic nitrogens is 3. The molecule has 0 bridgehead atoms. The summed E-state index contributed by atoms with van der Waals surface area (Å²) in [4.78, 5) is 24.9. The fourth-order valence-corrected chi connectivity index (χ4v) is 3.33. The Hall–Kier alpha value is -2.60. The number of pyridine rings is 1. The van der Waals surface area contributed by atoms with E-state index in [-0.39, 0.29) is 18.6 Å². The minimum Gasteiger partial charge on any atom is -0.394 e. The van der Waals surface area contributed by atoms with Crippen LogP contribution in [0.2, 0.25) is 0 Å². The number of hydrogen-bond acceptors (Lipinski definition) is 3. The molecule has 1 fully saturated rings. The normalized spacial score (nSPS) is 18.0. The maximum Gasteiger partial charge on any atom is 0.270 e. The molecule has 0 saturated carbocycles. The molecule has 6 heteroatoms. The van der Waals surface area contributed by atoms with Gasteiger partial charge >= 0.3 is 0 Å². The van der Waals surface area contributed by atoms with E-state index in [1.807, 2.05) is 30.6 Å². The number of aliphatic hydroxyl groups excluding tert-OH is 1. The summed E-state index contributed by atoms with van der Waals surface area (Å²) in [6.07, 6.45) is 7.27. The van der Waals surface area contributed by atoms with Crippen LogP contribution in [0.3, 0.4) is 0 Å². The van der Waals surface area contributed by atoms with Crippen LogP contribution in [0, 0.1) is 0 Å². The third-order valence-electron chi connectivity index (χ3n) is 4.53. The van der Waals surface area contributed by atoms with Gasteiger partial charge in [0.1, 0.15) is 11.3 Å². The van der Waals surface area contributed by atoms with Crippen LogP contribution < -0.4 is 0 Å². The molecule has 23 heavy (non-hydrogen) atoms. The fourth-order valence-electron chi connectivity index (χ4n) is 3.33. The molecule has 1 unspecified atom stereocenters. The smallest absolute Gasteiger partial charge is 0.270 e. The number of H-pyrrole nitrogens is 2. The molecule has 1 amide bonds. The number of rotatable bonds is 3. The lowest BCUT2D eigenvalue weighted by molar-refractivity contribution is 0.0672. The predicted octanol–water partition coefficient (Wildman–Crippen LogP) is 2.15. The van der Waals surface area contributed by atoms with Gasteiger partial charge in [0.15, 0.2) is 0 Å². The highest BCUT2D eigenvalue weighted by molar-refractivity contribution is 5.97. The van der Waals surface area contributed by atoms with E-state index < -0.39 is 0 Å². The Labute approximate surface area is 133 Å². The minimum atomic E-state index is -0.0634. The van der Waals surface area contributed by atoms with Crippen LogP contribution in [0.5, 0.6) is 0 Å². The Bertz CT molecular complexity index is 851. The molecule has 1 atom stereocenters. The summed E-state index contributed by atoms with van der Waals surface area (Å²) in [6, 6.07) is 5.73. The Balaban J connectivity index is 1.67. The Morgan fingerprint density at radius 2 is 2.30 bits per heavy atom. The van der Waals surface area contributed by atoms with Gasteiger partial charge in [0, 0.05) is 36.1 Å². The number of aromatic amines is 2. The van der Waals surface area contributed by atoms with E-state index in [4.69, 9.17) is 0 Å². The van der Waals surface area contributed by atoms with Gasteiger partial charge in [-0.1, -0.05) is 0 Å². The second-order valence-corrected chi connectivity index (χ2v) is 5.88. The molecule has 3 aromatic rings. The van der Waals surface area contributed by atoms with Crippen molar-refractivity contribution in [1.29, 1.82) is 0 Å². The maximum atomic E-state index is 12.6. The molecular weight excluding hydrogens is 292 g/mol. The lowest BCUT2D eigenvalue weighted by atomic mass is 10.1. The van der Waals surface area contributed by atoms with E-state index in [0.717, 1.165) is 35.0 Å². The number of fused-ring (bicyclic) bond motifs is 1. The number of aliphatic hydroxyl groups is 1. The summed E-state index contributed by atoms with van der Waals surface area (Å²) < 4.78 is 0. The van der Waals surface area contributed by atoms with Crippen LogP contribution >= 0.6 is 0 Å². The molecule has 3 aromatic heterocycles. The van der Waals surface area contributed by atoms with E-state index in [2.05, 4.69) is 15.0 Å². The van der Waals surface area contributed by atoms with Gasteiger partial charge in [-0.15, -0.1) is 0 Å². The topological polar surface area (TPSA) is 85.0 Å². The van der Waals surface area contributed by atoms with Gasteiger partial charge in [-0.3, -0.25) is 4.79 Å². The molecule has 3 N–H and O–H groups in total. The molecule has 4 rings (SSSR count). The van der Waals surface area contributed by atoms with Crippen LogP contribution in [0.25, 0.3) is 22.2 Å². The highest BCUT2D eigenvalue weighted by atomic mass is 16.3. The summed E-state index contributed by atoms with van der Waals surface area (Å²) >= 11 is 0. The van der Waals surface area contributed by atoms with Gasteiger partial charge in [0.05, 0.1) is 12.6 Å². The molecule has 1 aliphatic heterocycles. The molecule has 0 radical (unpaired) electrons. The predicted molar refractivity (Wildman–Crippen MR) is 87.0 cm³/mol. The molecule has 0 aliphatic carbocycles. The van der Waals surface area contributed by atoms with Gasteiger partial charge in [-0.25, -0.2) is 4.98 Å². The zero-order valence-corrected chi connectivity index (χ0v) is 12.6. The number of likely N-dealkylation sites (tertiary alicyclic amines) is 1. The summed E-state index contributed by atoms with van der Waals surface area (Å²) in [7, 11) is 0. The van der Waals surface area contributed by atoms with Gasteiger partial charge < -0.3 is 20.0 Å². The monoisotopic (exact) mass is 310 g/mol. The van der Waals surface area contributed by atoms with E-state index in [1.165, 1.54) is 0 Å². The first-order valence-corrected chi connectivity index (χ1v) is 7.80. The van der Waals surface area contributed by atoms with E-state index >= 15 is 0 Å². The lowest BCUT2D eigenvalue weighted by Gasteiger charge is -2.22. The number of carbonyl (C=O) groups excluding carboxylic acids is 1. The number of nitrogens with zero attached hydrogens (tertiary/aromatic N) is 2. The van der Waals surface area contributed by atoms with Crippen molar-refractivity contribution in [3.8, 4) is 11.1 Å². The van der Waals surface area contributed by atoms with Gasteiger partial charge in [0.25, 0.3) is 5.91 Å². The average Bonchev–Trinajstić information content (AvgIpc) is 3.32. The van der Waals surface area contributed by atoms with Gasteiger partial charge in [0.2, 0.25) is 0 Å². The molecular formula is C17H18N4O2. The number of carbonyl (C=O) groups is 1. The van der Waals surface area contributed by atoms with Crippen molar-refractivity contribution in [1.82, 2.24) is 19.9 Å². The standard InChI is InChI=1S/C17H18N4O2/c22-10-12-2-1-7-21(12)17(23)15-8-11(9-20-15)13-3-5-18-16-14(13)4-6-19-16/h3-6,8-9,12,20,22H,1-2,7,10H2,(H,18,19). The van der Waals surface area contributed by atoms with E-state index in [1.54, 1.807) is 11.1 Å². The van der Waals surface area contributed by atoms with Crippen molar-refractivity contribution < 1.29 is 9.90 Å². The quantitative estimate of drug-likeness (QED) is 0.693. The van der Waals surface area contributed by atoms with E-state index in [9.17, 15) is 9.90 Å². The maximum absolute atomic E-state index is 12.6. The zero-order valence-electron chi connectivity index (χ0n) is 12.6. The molecule has 118 valence electrons. The SMILES string of the molecule is O=C(c1cc(-c2ccnc3[nH]ccc23)c[nH]1)N1CCCC1CO. The molecule has 1 saturated heterocycles. The Morgan fingerprint density at radius 3 is 3.17 bits per heavy atom. The Morgan fingerprint density at radius 1 is 1.39 bits per heavy atom. The van der Waals surface area contributed by atoms with Crippen molar-refractivity contribution in [2.75, 3.05) is 13.2 Å². The summed E-state index contributed by atoms with van der Waals surface area (Å²) in [5.41, 5.74) is 3.38. The van der Waals surface area contributed by atoms with Crippen LogP contribution in [0.15, 0.2) is 36.8 Å². The van der Waals surface area contributed by atoms with Gasteiger partial charge in [-0.05, 0) is 36.6 Å². The van der Waals surface area contributed by atoms with Crippen molar-refractivity contribution in [2.24, 2.45) is 0 Å². The highest BCUT2D eigenvalue weighted by Crippen LogP contribution is 2.28. The second-order valence-electron chi connectivity index (χ2n) is 5.88. The second kappa shape index (κ2) is 5.55. The number of amides is 1. The molecule has 0 aromatic carbocycles. The average molecular weight is 310 g/mol. The number of nitrogens with one attached hydrogen (secondary N) is 2. The minimum absolute atomic E-state index is 0.0215. The van der Waals surface area contributed by atoms with Crippen LogP contribution in [0.4, 0.5) is 0 Å². The first-order chi connectivity index (χ1) is 11.3. The molecule has 0 spiro atoms. The summed E-state index contributed by atoms with van der Waals surface area (Å²) in [5, 5.41) is 10.4. The van der Waals surface area contributed by atoms with E-state index in [0.29, 0.717) is 12.2 Å². The first-order valence-electron chi connectivity index (χ1n) is 7.80. The van der Waals surface area contributed by atoms with Crippen molar-refractivity contribution in [3.05, 3.63) is 42.5 Å². The Kier molecular flexibility index (Phi) is 3.38. The zero-order chi connectivity index (χ0) is 15.8.